The van der Waals surface area contributed by atoms with Gasteiger partial charge in [0.25, 0.3) is 0 Å². The Balaban J connectivity index is 2.17. The molecule has 0 unspecified atom stereocenters. The molecule has 0 fully saturated rings. The van der Waals surface area contributed by atoms with Gasteiger partial charge in [0.1, 0.15) is 24.2 Å². The Morgan fingerprint density at radius 1 is 1.32 bits per heavy atom. The second-order valence-corrected chi connectivity index (χ2v) is 4.53. The highest BCUT2D eigenvalue weighted by molar-refractivity contribution is 6.30. The van der Waals surface area contributed by atoms with Crippen molar-refractivity contribution < 1.29 is 9.13 Å². The number of rotatable bonds is 3. The van der Waals surface area contributed by atoms with Crippen LogP contribution in [0.4, 0.5) is 4.39 Å². The van der Waals surface area contributed by atoms with Crippen LogP contribution in [-0.4, -0.2) is 0 Å². The monoisotopic (exact) mass is 275 g/mol. The molecule has 0 atom stereocenters. The first-order valence-corrected chi connectivity index (χ1v) is 6.06. The third-order valence-corrected chi connectivity index (χ3v) is 2.95. The van der Waals surface area contributed by atoms with Gasteiger partial charge in [0.05, 0.1) is 5.56 Å². The molecular formula is C15H11ClFNO. The maximum atomic E-state index is 13.8. The molecule has 0 radical (unpaired) electrons. The molecule has 19 heavy (non-hydrogen) atoms. The van der Waals surface area contributed by atoms with Gasteiger partial charge in [-0.15, -0.1) is 0 Å². The number of benzene rings is 2. The van der Waals surface area contributed by atoms with Crippen molar-refractivity contribution in [1.29, 1.82) is 5.26 Å². The molecule has 0 aliphatic heterocycles. The van der Waals surface area contributed by atoms with E-state index in [4.69, 9.17) is 21.6 Å². The molecule has 0 spiro atoms. The summed E-state index contributed by atoms with van der Waals surface area (Å²) >= 11 is 5.85. The fourth-order valence-corrected chi connectivity index (χ4v) is 1.93. The van der Waals surface area contributed by atoms with Gasteiger partial charge in [0, 0.05) is 10.6 Å². The standard InChI is InChI=1S/C15H11ClFNO/c1-10-7-13(16)5-6-14(10)19-9-12-4-2-3-11(8-18)15(12)17/h2-7H,9H2,1H3. The summed E-state index contributed by atoms with van der Waals surface area (Å²) in [4.78, 5) is 0. The molecule has 2 aromatic carbocycles. The summed E-state index contributed by atoms with van der Waals surface area (Å²) in [7, 11) is 0. The van der Waals surface area contributed by atoms with E-state index in [0.29, 0.717) is 16.3 Å². The van der Waals surface area contributed by atoms with Gasteiger partial charge in [-0.05, 0) is 36.8 Å². The summed E-state index contributed by atoms with van der Waals surface area (Å²) in [6.07, 6.45) is 0. The van der Waals surface area contributed by atoms with Crippen LogP contribution in [0, 0.1) is 24.1 Å². The second kappa shape index (κ2) is 5.73. The normalized spacial score (nSPS) is 10.0. The lowest BCUT2D eigenvalue weighted by atomic mass is 10.1. The van der Waals surface area contributed by atoms with E-state index in [0.717, 1.165) is 5.56 Å². The predicted molar refractivity (Wildman–Crippen MR) is 71.6 cm³/mol. The van der Waals surface area contributed by atoms with E-state index >= 15 is 0 Å². The number of halogens is 2. The lowest BCUT2D eigenvalue weighted by Crippen LogP contribution is -2.01. The Hall–Kier alpha value is -2.05. The van der Waals surface area contributed by atoms with Crippen molar-refractivity contribution in [2.75, 3.05) is 0 Å². The van der Waals surface area contributed by atoms with Crippen molar-refractivity contribution in [3.8, 4) is 11.8 Å². The maximum absolute atomic E-state index is 13.8. The van der Waals surface area contributed by atoms with E-state index in [-0.39, 0.29) is 12.2 Å². The summed E-state index contributed by atoms with van der Waals surface area (Å²) in [6, 6.07) is 11.7. The van der Waals surface area contributed by atoms with Gasteiger partial charge in [-0.2, -0.15) is 5.26 Å². The molecule has 0 saturated carbocycles. The maximum Gasteiger partial charge on any atom is 0.147 e. The van der Waals surface area contributed by atoms with Gasteiger partial charge in [-0.25, -0.2) is 4.39 Å². The Morgan fingerprint density at radius 3 is 2.79 bits per heavy atom. The molecule has 0 aliphatic carbocycles. The van der Waals surface area contributed by atoms with E-state index in [9.17, 15) is 4.39 Å². The molecule has 2 rings (SSSR count). The Kier molecular flexibility index (Phi) is 4.03. The summed E-state index contributed by atoms with van der Waals surface area (Å²) in [5, 5.41) is 9.38. The van der Waals surface area contributed by atoms with E-state index in [1.165, 1.54) is 6.07 Å². The van der Waals surface area contributed by atoms with E-state index in [1.54, 1.807) is 36.4 Å². The predicted octanol–water partition coefficient (Wildman–Crippen LogP) is 4.24. The van der Waals surface area contributed by atoms with Crippen molar-refractivity contribution in [3.05, 3.63) is 63.9 Å². The van der Waals surface area contributed by atoms with Crippen LogP contribution < -0.4 is 4.74 Å². The topological polar surface area (TPSA) is 33.0 Å². The first-order chi connectivity index (χ1) is 9.11. The number of nitriles is 1. The van der Waals surface area contributed by atoms with Gasteiger partial charge >= 0.3 is 0 Å². The summed E-state index contributed by atoms with van der Waals surface area (Å²) < 4.78 is 19.4. The average Bonchev–Trinajstić information content (AvgIpc) is 2.39. The molecule has 0 saturated heterocycles. The molecule has 2 aromatic rings. The average molecular weight is 276 g/mol. The van der Waals surface area contributed by atoms with Gasteiger partial charge in [-0.3, -0.25) is 0 Å². The van der Waals surface area contributed by atoms with Crippen LogP contribution in [0.2, 0.25) is 5.02 Å². The number of hydrogen-bond acceptors (Lipinski definition) is 2. The lowest BCUT2D eigenvalue weighted by molar-refractivity contribution is 0.297. The van der Waals surface area contributed by atoms with Gasteiger partial charge in [0.2, 0.25) is 0 Å². The zero-order valence-electron chi connectivity index (χ0n) is 10.3. The fourth-order valence-electron chi connectivity index (χ4n) is 1.71. The van der Waals surface area contributed by atoms with Crippen LogP contribution >= 0.6 is 11.6 Å². The molecule has 0 heterocycles. The van der Waals surface area contributed by atoms with Crippen molar-refractivity contribution in [2.45, 2.75) is 13.5 Å². The summed E-state index contributed by atoms with van der Waals surface area (Å²) in [5.74, 6) is 0.114. The molecule has 96 valence electrons. The van der Waals surface area contributed by atoms with Gasteiger partial charge in [0.15, 0.2) is 0 Å². The highest BCUT2D eigenvalue weighted by atomic mass is 35.5. The Bertz CT molecular complexity index is 649. The molecule has 4 heteroatoms. The van der Waals surface area contributed by atoms with E-state index in [2.05, 4.69) is 0 Å². The third kappa shape index (κ3) is 3.04. The zero-order valence-corrected chi connectivity index (χ0v) is 11.0. The lowest BCUT2D eigenvalue weighted by Gasteiger charge is -2.10. The number of nitrogens with zero attached hydrogens (tertiary/aromatic N) is 1. The van der Waals surface area contributed by atoms with Crippen LogP contribution in [0.1, 0.15) is 16.7 Å². The smallest absolute Gasteiger partial charge is 0.147 e. The van der Waals surface area contributed by atoms with E-state index in [1.807, 2.05) is 6.92 Å². The van der Waals surface area contributed by atoms with Crippen molar-refractivity contribution in [3.63, 3.8) is 0 Å². The minimum absolute atomic E-state index is 0.0222. The quantitative estimate of drug-likeness (QED) is 0.839. The molecule has 2 nitrogen and oxygen atoms in total. The highest BCUT2D eigenvalue weighted by Crippen LogP contribution is 2.23. The minimum atomic E-state index is -0.531. The first-order valence-electron chi connectivity index (χ1n) is 5.68. The van der Waals surface area contributed by atoms with Crippen LogP contribution in [0.15, 0.2) is 36.4 Å². The van der Waals surface area contributed by atoms with Crippen LogP contribution in [0.5, 0.6) is 5.75 Å². The van der Waals surface area contributed by atoms with Crippen molar-refractivity contribution in [1.82, 2.24) is 0 Å². The molecule has 0 aromatic heterocycles. The van der Waals surface area contributed by atoms with E-state index < -0.39 is 5.82 Å². The van der Waals surface area contributed by atoms with Gasteiger partial charge < -0.3 is 4.74 Å². The number of ether oxygens (including phenoxy) is 1. The minimum Gasteiger partial charge on any atom is -0.489 e. The molecule has 0 N–H and O–H groups in total. The summed E-state index contributed by atoms with van der Waals surface area (Å²) in [5.41, 5.74) is 1.26. The second-order valence-electron chi connectivity index (χ2n) is 4.09. The SMILES string of the molecule is Cc1cc(Cl)ccc1OCc1cccc(C#N)c1F. The van der Waals surface area contributed by atoms with Gasteiger partial charge in [-0.1, -0.05) is 23.7 Å². The van der Waals surface area contributed by atoms with Crippen molar-refractivity contribution in [2.24, 2.45) is 0 Å². The summed E-state index contributed by atoms with van der Waals surface area (Å²) in [6.45, 7) is 1.94. The van der Waals surface area contributed by atoms with Crippen molar-refractivity contribution >= 4 is 11.6 Å². The molecular weight excluding hydrogens is 265 g/mol. The van der Waals surface area contributed by atoms with Crippen LogP contribution in [0.25, 0.3) is 0 Å². The molecule has 0 aliphatic rings. The number of aryl methyl sites for hydroxylation is 1. The molecule has 0 amide bonds. The van der Waals surface area contributed by atoms with Crippen LogP contribution in [-0.2, 0) is 6.61 Å². The third-order valence-electron chi connectivity index (χ3n) is 2.72. The van der Waals surface area contributed by atoms with Crippen LogP contribution in [0.3, 0.4) is 0 Å². The Morgan fingerprint density at radius 2 is 2.11 bits per heavy atom. The Labute approximate surface area is 116 Å². The fraction of sp³-hybridized carbons (Fsp3) is 0.133. The first kappa shape index (κ1) is 13.4. The molecule has 0 bridgehead atoms. The zero-order chi connectivity index (χ0) is 13.8. The largest absolute Gasteiger partial charge is 0.489 e. The highest BCUT2D eigenvalue weighted by Gasteiger charge is 2.08. The number of hydrogen-bond donors (Lipinski definition) is 0.